The Hall–Kier alpha value is -0.850. The third kappa shape index (κ3) is 3.83. The molecular formula is C12H19N3O2S. The van der Waals surface area contributed by atoms with Crippen LogP contribution in [0, 0.1) is 0 Å². The third-order valence-electron chi connectivity index (χ3n) is 2.84. The van der Waals surface area contributed by atoms with Gasteiger partial charge in [0.1, 0.15) is 5.82 Å². The van der Waals surface area contributed by atoms with Crippen molar-refractivity contribution in [1.29, 1.82) is 0 Å². The van der Waals surface area contributed by atoms with E-state index in [0.717, 1.165) is 30.2 Å². The van der Waals surface area contributed by atoms with Gasteiger partial charge in [0.2, 0.25) is 0 Å². The number of hydrogen-bond acceptors (Lipinski definition) is 5. The molecule has 0 aromatic carbocycles. The van der Waals surface area contributed by atoms with Gasteiger partial charge in [0.05, 0.1) is 17.6 Å². The van der Waals surface area contributed by atoms with Gasteiger partial charge in [0.25, 0.3) is 5.56 Å². The lowest BCUT2D eigenvalue weighted by Crippen LogP contribution is -2.22. The van der Waals surface area contributed by atoms with Crippen LogP contribution in [-0.2, 0) is 11.3 Å². The third-order valence-corrected chi connectivity index (χ3v) is 4.22. The summed E-state index contributed by atoms with van der Waals surface area (Å²) in [6.45, 7) is 2.03. The Morgan fingerprint density at radius 2 is 2.56 bits per heavy atom. The summed E-state index contributed by atoms with van der Waals surface area (Å²) in [5, 5.41) is 3.56. The number of aromatic nitrogens is 2. The van der Waals surface area contributed by atoms with Crippen molar-refractivity contribution in [1.82, 2.24) is 15.3 Å². The molecular weight excluding hydrogens is 250 g/mol. The van der Waals surface area contributed by atoms with E-state index in [1.165, 1.54) is 6.42 Å². The van der Waals surface area contributed by atoms with Gasteiger partial charge in [-0.25, -0.2) is 4.98 Å². The fourth-order valence-electron chi connectivity index (χ4n) is 1.96. The lowest BCUT2D eigenvalue weighted by molar-refractivity contribution is 0.199. The Morgan fingerprint density at radius 1 is 1.67 bits per heavy atom. The summed E-state index contributed by atoms with van der Waals surface area (Å²) in [5.74, 6) is 1.98. The summed E-state index contributed by atoms with van der Waals surface area (Å²) in [6.07, 6.45) is 2.31. The monoisotopic (exact) mass is 269 g/mol. The molecule has 1 saturated heterocycles. The average molecular weight is 269 g/mol. The van der Waals surface area contributed by atoms with Crippen molar-refractivity contribution in [3.05, 3.63) is 27.9 Å². The minimum Gasteiger partial charge on any atom is -0.383 e. The summed E-state index contributed by atoms with van der Waals surface area (Å²) < 4.78 is 4.95. The maximum atomic E-state index is 11.6. The standard InChI is InChI=1S/C12H19N3O2S/c1-17-5-4-13-8-9-7-11(16)15-12(14-9)10-3-2-6-18-10/h7,10,13H,2-6,8H2,1H3,(H,14,15,16). The van der Waals surface area contributed by atoms with Gasteiger partial charge in [-0.1, -0.05) is 0 Å². The van der Waals surface area contributed by atoms with Crippen LogP contribution in [0.5, 0.6) is 0 Å². The molecule has 0 aliphatic carbocycles. The summed E-state index contributed by atoms with van der Waals surface area (Å²) in [6, 6.07) is 1.56. The molecule has 1 atom stereocenters. The average Bonchev–Trinajstić information content (AvgIpc) is 2.88. The molecule has 0 spiro atoms. The van der Waals surface area contributed by atoms with E-state index in [9.17, 15) is 4.79 Å². The first-order chi connectivity index (χ1) is 8.79. The number of hydrogen-bond donors (Lipinski definition) is 2. The fourth-order valence-corrected chi connectivity index (χ4v) is 3.18. The molecule has 100 valence electrons. The Bertz CT molecular complexity index is 430. The molecule has 18 heavy (non-hydrogen) atoms. The van der Waals surface area contributed by atoms with Crippen LogP contribution in [0.4, 0.5) is 0 Å². The summed E-state index contributed by atoms with van der Waals surface area (Å²) in [7, 11) is 1.67. The zero-order chi connectivity index (χ0) is 12.8. The zero-order valence-electron chi connectivity index (χ0n) is 10.6. The predicted octanol–water partition coefficient (Wildman–Crippen LogP) is 1.07. The Balaban J connectivity index is 1.99. The summed E-state index contributed by atoms with van der Waals surface area (Å²) >= 11 is 1.87. The van der Waals surface area contributed by atoms with Crippen LogP contribution >= 0.6 is 11.8 Å². The molecule has 1 aromatic rings. The zero-order valence-corrected chi connectivity index (χ0v) is 11.4. The lowest BCUT2D eigenvalue weighted by Gasteiger charge is -2.09. The van der Waals surface area contributed by atoms with E-state index in [1.54, 1.807) is 13.2 Å². The van der Waals surface area contributed by atoms with E-state index in [4.69, 9.17) is 4.74 Å². The largest absolute Gasteiger partial charge is 0.383 e. The minimum absolute atomic E-state index is 0.0592. The maximum Gasteiger partial charge on any atom is 0.251 e. The molecule has 2 N–H and O–H groups in total. The van der Waals surface area contributed by atoms with Gasteiger partial charge in [0, 0.05) is 26.3 Å². The van der Waals surface area contributed by atoms with Gasteiger partial charge in [-0.2, -0.15) is 11.8 Å². The number of aromatic amines is 1. The molecule has 1 aliphatic rings. The van der Waals surface area contributed by atoms with E-state index in [0.29, 0.717) is 18.4 Å². The smallest absolute Gasteiger partial charge is 0.251 e. The maximum absolute atomic E-state index is 11.6. The number of ether oxygens (including phenoxy) is 1. The van der Waals surface area contributed by atoms with E-state index in [2.05, 4.69) is 15.3 Å². The molecule has 1 unspecified atom stereocenters. The van der Waals surface area contributed by atoms with Crippen molar-refractivity contribution < 1.29 is 4.74 Å². The number of nitrogens with one attached hydrogen (secondary N) is 2. The summed E-state index contributed by atoms with van der Waals surface area (Å²) in [5.41, 5.74) is 0.744. The molecule has 1 fully saturated rings. The Kier molecular flexibility index (Phi) is 5.22. The van der Waals surface area contributed by atoms with Gasteiger partial charge < -0.3 is 15.0 Å². The molecule has 5 nitrogen and oxygen atoms in total. The first-order valence-electron chi connectivity index (χ1n) is 6.21. The van der Waals surface area contributed by atoms with Crippen molar-refractivity contribution in [3.8, 4) is 0 Å². The second-order valence-electron chi connectivity index (χ2n) is 4.29. The second kappa shape index (κ2) is 6.92. The van der Waals surface area contributed by atoms with Crippen LogP contribution in [0.25, 0.3) is 0 Å². The van der Waals surface area contributed by atoms with E-state index in [1.807, 2.05) is 11.8 Å². The first kappa shape index (κ1) is 13.6. The highest BCUT2D eigenvalue weighted by atomic mass is 32.2. The van der Waals surface area contributed by atoms with Crippen LogP contribution in [0.15, 0.2) is 10.9 Å². The van der Waals surface area contributed by atoms with Gasteiger partial charge >= 0.3 is 0 Å². The number of methoxy groups -OCH3 is 1. The van der Waals surface area contributed by atoms with E-state index >= 15 is 0 Å². The number of H-pyrrole nitrogens is 1. The quantitative estimate of drug-likeness (QED) is 0.756. The minimum atomic E-state index is -0.0592. The highest BCUT2D eigenvalue weighted by molar-refractivity contribution is 7.99. The normalized spacial score (nSPS) is 19.3. The fraction of sp³-hybridized carbons (Fsp3) is 0.667. The number of rotatable bonds is 6. The van der Waals surface area contributed by atoms with Crippen molar-refractivity contribution in [2.75, 3.05) is 26.0 Å². The molecule has 0 saturated carbocycles. The van der Waals surface area contributed by atoms with Crippen LogP contribution in [0.3, 0.4) is 0 Å². The molecule has 6 heteroatoms. The highest BCUT2D eigenvalue weighted by Crippen LogP contribution is 2.37. The molecule has 0 radical (unpaired) electrons. The van der Waals surface area contributed by atoms with Gasteiger partial charge in [-0.15, -0.1) is 0 Å². The molecule has 1 aromatic heterocycles. The van der Waals surface area contributed by atoms with Crippen LogP contribution in [0.2, 0.25) is 0 Å². The van der Waals surface area contributed by atoms with Crippen molar-refractivity contribution in [3.63, 3.8) is 0 Å². The predicted molar refractivity (Wildman–Crippen MR) is 72.9 cm³/mol. The second-order valence-corrected chi connectivity index (χ2v) is 5.60. The topological polar surface area (TPSA) is 67.0 Å². The van der Waals surface area contributed by atoms with Crippen molar-refractivity contribution in [2.24, 2.45) is 0 Å². The molecule has 2 heterocycles. The van der Waals surface area contributed by atoms with Gasteiger partial charge in [-0.05, 0) is 18.6 Å². The SMILES string of the molecule is COCCNCc1cc(=O)[nH]c(C2CCCS2)n1. The molecule has 1 aliphatic heterocycles. The van der Waals surface area contributed by atoms with E-state index < -0.39 is 0 Å². The van der Waals surface area contributed by atoms with Crippen LogP contribution in [-0.4, -0.2) is 36.0 Å². The van der Waals surface area contributed by atoms with Gasteiger partial charge in [-0.3, -0.25) is 4.79 Å². The van der Waals surface area contributed by atoms with E-state index in [-0.39, 0.29) is 5.56 Å². The van der Waals surface area contributed by atoms with Gasteiger partial charge in [0.15, 0.2) is 0 Å². The van der Waals surface area contributed by atoms with Crippen LogP contribution < -0.4 is 10.9 Å². The number of thioether (sulfide) groups is 1. The first-order valence-corrected chi connectivity index (χ1v) is 7.26. The summed E-state index contributed by atoms with van der Waals surface area (Å²) in [4.78, 5) is 19.0. The van der Waals surface area contributed by atoms with Crippen LogP contribution in [0.1, 0.15) is 29.6 Å². The Morgan fingerprint density at radius 3 is 3.28 bits per heavy atom. The van der Waals surface area contributed by atoms with Crippen molar-refractivity contribution >= 4 is 11.8 Å². The van der Waals surface area contributed by atoms with Crippen molar-refractivity contribution in [2.45, 2.75) is 24.6 Å². The Labute approximate surface area is 111 Å². The molecule has 0 amide bonds. The lowest BCUT2D eigenvalue weighted by atomic mass is 10.2. The highest BCUT2D eigenvalue weighted by Gasteiger charge is 2.20. The molecule has 2 rings (SSSR count). The number of nitrogens with zero attached hydrogens (tertiary/aromatic N) is 1. The molecule has 0 bridgehead atoms.